The van der Waals surface area contributed by atoms with Gasteiger partial charge in [-0.3, -0.25) is 9.69 Å². The molecule has 1 amide bonds. The summed E-state index contributed by atoms with van der Waals surface area (Å²) in [5.74, 6) is 2.26. The molecular weight excluding hydrogens is 352 g/mol. The number of rotatable bonds is 6. The van der Waals surface area contributed by atoms with Crippen molar-refractivity contribution in [3.8, 4) is 0 Å². The maximum absolute atomic E-state index is 12.5. The molecule has 0 bridgehead atoms. The second-order valence-electron chi connectivity index (χ2n) is 7.71. The van der Waals surface area contributed by atoms with E-state index in [0.717, 1.165) is 61.7 Å². The van der Waals surface area contributed by atoms with Crippen molar-refractivity contribution < 1.29 is 4.79 Å². The van der Waals surface area contributed by atoms with Gasteiger partial charge in [0.15, 0.2) is 0 Å². The highest BCUT2D eigenvalue weighted by Gasteiger charge is 2.25. The van der Waals surface area contributed by atoms with E-state index in [2.05, 4.69) is 49.9 Å². The van der Waals surface area contributed by atoms with Crippen LogP contribution in [0.25, 0.3) is 11.0 Å². The summed E-state index contributed by atoms with van der Waals surface area (Å²) in [6.07, 6.45) is 5.53. The summed E-state index contributed by atoms with van der Waals surface area (Å²) in [5.41, 5.74) is 3.35. The monoisotopic (exact) mass is 380 g/mol. The van der Waals surface area contributed by atoms with Crippen LogP contribution in [0.1, 0.15) is 30.1 Å². The fourth-order valence-electron chi connectivity index (χ4n) is 3.90. The van der Waals surface area contributed by atoms with Crippen molar-refractivity contribution >= 4 is 16.9 Å². The van der Waals surface area contributed by atoms with Gasteiger partial charge >= 0.3 is 0 Å². The number of carbonyl (C=O) groups excluding carboxylic acids is 1. The van der Waals surface area contributed by atoms with E-state index in [9.17, 15) is 4.79 Å². The van der Waals surface area contributed by atoms with Gasteiger partial charge in [-0.15, -0.1) is 0 Å². The fourth-order valence-corrected chi connectivity index (χ4v) is 3.90. The molecule has 7 heteroatoms. The Bertz CT molecular complexity index is 951. The average molecular weight is 380 g/mol. The molecule has 28 heavy (non-hydrogen) atoms. The van der Waals surface area contributed by atoms with Crippen LogP contribution in [0.4, 0.5) is 0 Å². The van der Waals surface area contributed by atoms with Crippen LogP contribution < -0.4 is 5.32 Å². The molecule has 2 aromatic heterocycles. The number of hydrogen-bond donors (Lipinski definition) is 2. The van der Waals surface area contributed by atoms with E-state index < -0.39 is 0 Å². The number of aromatic amines is 1. The van der Waals surface area contributed by atoms with Gasteiger partial charge in [0, 0.05) is 31.4 Å². The van der Waals surface area contributed by atoms with Gasteiger partial charge in [-0.1, -0.05) is 6.07 Å². The number of nitrogens with one attached hydrogen (secondary N) is 2. The first-order valence-corrected chi connectivity index (χ1v) is 10.0. The van der Waals surface area contributed by atoms with Crippen LogP contribution in [-0.4, -0.2) is 50.0 Å². The van der Waals surface area contributed by atoms with E-state index >= 15 is 0 Å². The van der Waals surface area contributed by atoms with Crippen LogP contribution >= 0.6 is 0 Å². The Morgan fingerprint density at radius 2 is 2.11 bits per heavy atom. The van der Waals surface area contributed by atoms with E-state index in [1.165, 1.54) is 5.56 Å². The number of hydrogen-bond acceptors (Lipinski definition) is 4. The molecule has 7 nitrogen and oxygen atoms in total. The van der Waals surface area contributed by atoms with Crippen molar-refractivity contribution in [2.24, 2.45) is 5.92 Å². The molecule has 1 aliphatic heterocycles. The van der Waals surface area contributed by atoms with Crippen LogP contribution in [0.15, 0.2) is 30.6 Å². The summed E-state index contributed by atoms with van der Waals surface area (Å²) in [5, 5.41) is 3.08. The van der Waals surface area contributed by atoms with E-state index in [-0.39, 0.29) is 11.8 Å². The van der Waals surface area contributed by atoms with Gasteiger partial charge in [-0.25, -0.2) is 9.97 Å². The van der Waals surface area contributed by atoms with Crippen molar-refractivity contribution in [3.05, 3.63) is 47.8 Å². The highest BCUT2D eigenvalue weighted by molar-refractivity contribution is 5.78. The first-order valence-electron chi connectivity index (χ1n) is 10.0. The zero-order valence-electron chi connectivity index (χ0n) is 16.6. The molecule has 0 unspecified atom stereocenters. The van der Waals surface area contributed by atoms with Gasteiger partial charge < -0.3 is 14.9 Å². The number of fused-ring (bicyclic) bond motifs is 1. The maximum Gasteiger partial charge on any atom is 0.223 e. The lowest BCUT2D eigenvalue weighted by Crippen LogP contribution is -2.41. The Balaban J connectivity index is 1.23. The third-order valence-electron chi connectivity index (χ3n) is 5.59. The SMILES string of the molecule is Cc1ccc2nc(CN3CCC(C(=O)NCCn4ccnc4C)CC3)[nH]c2c1. The molecule has 0 atom stereocenters. The number of H-pyrrole nitrogens is 1. The molecular formula is C21H28N6O. The Labute approximate surface area is 165 Å². The summed E-state index contributed by atoms with van der Waals surface area (Å²) >= 11 is 0. The lowest BCUT2D eigenvalue weighted by molar-refractivity contribution is -0.126. The van der Waals surface area contributed by atoms with Crippen molar-refractivity contribution in [2.75, 3.05) is 19.6 Å². The molecule has 1 fully saturated rings. The first kappa shape index (κ1) is 18.7. The minimum absolute atomic E-state index is 0.110. The smallest absolute Gasteiger partial charge is 0.223 e. The maximum atomic E-state index is 12.5. The van der Waals surface area contributed by atoms with E-state index in [1.54, 1.807) is 6.20 Å². The summed E-state index contributed by atoms with van der Waals surface area (Å²) in [6.45, 7) is 8.13. The number of piperidine rings is 1. The van der Waals surface area contributed by atoms with E-state index in [4.69, 9.17) is 4.98 Å². The second kappa shape index (κ2) is 8.14. The van der Waals surface area contributed by atoms with Crippen LogP contribution in [0.2, 0.25) is 0 Å². The van der Waals surface area contributed by atoms with Gasteiger partial charge in [0.05, 0.1) is 17.6 Å². The normalized spacial score (nSPS) is 15.9. The minimum Gasteiger partial charge on any atom is -0.354 e. The Morgan fingerprint density at radius 3 is 2.86 bits per heavy atom. The summed E-state index contributed by atoms with van der Waals surface area (Å²) in [4.78, 5) is 27.1. The van der Waals surface area contributed by atoms with Crippen molar-refractivity contribution in [3.63, 3.8) is 0 Å². The van der Waals surface area contributed by atoms with Gasteiger partial charge in [0.25, 0.3) is 0 Å². The number of imidazole rings is 2. The number of aromatic nitrogens is 4. The number of carbonyl (C=O) groups is 1. The molecule has 148 valence electrons. The topological polar surface area (TPSA) is 78.8 Å². The molecule has 1 aromatic carbocycles. The molecule has 0 aliphatic carbocycles. The van der Waals surface area contributed by atoms with Crippen molar-refractivity contribution in [1.82, 2.24) is 29.7 Å². The summed E-state index contributed by atoms with van der Waals surface area (Å²) in [7, 11) is 0. The van der Waals surface area contributed by atoms with Crippen molar-refractivity contribution in [2.45, 2.75) is 39.8 Å². The Hall–Kier alpha value is -2.67. The van der Waals surface area contributed by atoms with Gasteiger partial charge in [0.1, 0.15) is 11.6 Å². The molecule has 4 rings (SSSR count). The molecule has 3 aromatic rings. The minimum atomic E-state index is 0.110. The molecule has 1 saturated heterocycles. The molecule has 3 heterocycles. The summed E-state index contributed by atoms with van der Waals surface area (Å²) < 4.78 is 2.05. The Kier molecular flexibility index (Phi) is 5.43. The molecule has 0 saturated carbocycles. The number of likely N-dealkylation sites (tertiary alicyclic amines) is 1. The van der Waals surface area contributed by atoms with Crippen LogP contribution in [0.5, 0.6) is 0 Å². The largest absolute Gasteiger partial charge is 0.354 e. The zero-order valence-corrected chi connectivity index (χ0v) is 16.6. The van der Waals surface area contributed by atoms with Gasteiger partial charge in [-0.05, 0) is 57.5 Å². The van der Waals surface area contributed by atoms with Gasteiger partial charge in [-0.2, -0.15) is 0 Å². The van der Waals surface area contributed by atoms with Crippen LogP contribution in [0, 0.1) is 19.8 Å². The summed E-state index contributed by atoms with van der Waals surface area (Å²) in [6, 6.07) is 6.28. The predicted octanol–water partition coefficient (Wildman–Crippen LogP) is 2.40. The standard InChI is InChI=1S/C21H28N6O/c1-15-3-4-18-19(13-15)25-20(24-18)14-26-9-5-17(6-10-26)21(28)23-8-12-27-11-7-22-16(27)2/h3-4,7,11,13,17H,5-6,8-10,12,14H2,1-2H3,(H,23,28)(H,24,25). The third kappa shape index (κ3) is 4.25. The second-order valence-corrected chi connectivity index (χ2v) is 7.71. The number of aryl methyl sites for hydroxylation is 2. The number of amides is 1. The highest BCUT2D eigenvalue weighted by atomic mass is 16.1. The molecule has 1 aliphatic rings. The Morgan fingerprint density at radius 1 is 1.29 bits per heavy atom. The lowest BCUT2D eigenvalue weighted by Gasteiger charge is -2.30. The molecule has 2 N–H and O–H groups in total. The van der Waals surface area contributed by atoms with Crippen LogP contribution in [-0.2, 0) is 17.9 Å². The average Bonchev–Trinajstić information content (AvgIpc) is 3.27. The fraction of sp³-hybridized carbons (Fsp3) is 0.476. The van der Waals surface area contributed by atoms with Gasteiger partial charge in [0.2, 0.25) is 5.91 Å². The lowest BCUT2D eigenvalue weighted by atomic mass is 9.96. The molecule has 0 spiro atoms. The number of nitrogens with zero attached hydrogens (tertiary/aromatic N) is 4. The van der Waals surface area contributed by atoms with E-state index in [0.29, 0.717) is 6.54 Å². The van der Waals surface area contributed by atoms with E-state index in [1.807, 2.05) is 13.1 Å². The predicted molar refractivity (Wildman–Crippen MR) is 109 cm³/mol. The third-order valence-corrected chi connectivity index (χ3v) is 5.59. The highest BCUT2D eigenvalue weighted by Crippen LogP contribution is 2.20. The van der Waals surface area contributed by atoms with Crippen LogP contribution in [0.3, 0.4) is 0 Å². The molecule has 0 radical (unpaired) electrons. The zero-order chi connectivity index (χ0) is 19.5. The van der Waals surface area contributed by atoms with Crippen molar-refractivity contribution in [1.29, 1.82) is 0 Å². The quantitative estimate of drug-likeness (QED) is 0.688. The first-order chi connectivity index (χ1) is 13.6. The number of benzene rings is 1.